The molecule has 1 aliphatic rings. The van der Waals surface area contributed by atoms with Gasteiger partial charge in [0.1, 0.15) is 0 Å². The number of rotatable bonds is 3. The highest BCUT2D eigenvalue weighted by molar-refractivity contribution is 6.62. The standard InChI is InChI=1S/C13H20BNO4/c1-12(2)13(3,4)19-14(18-12)10-8-15-11(17)7-9(10)5-6-16/h7-8,16H,5-6H2,1-4H3,(H,15,17). The fourth-order valence-electron chi connectivity index (χ4n) is 2.05. The molecule has 2 N–H and O–H groups in total. The zero-order chi connectivity index (χ0) is 14.3. The first kappa shape index (κ1) is 14.3. The van der Waals surface area contributed by atoms with Gasteiger partial charge < -0.3 is 19.4 Å². The normalized spacial score (nSPS) is 20.8. The SMILES string of the molecule is CC1(C)OB(c2c[nH]c(=O)cc2CCO)OC1(C)C. The van der Waals surface area contributed by atoms with Crippen LogP contribution in [0.25, 0.3) is 0 Å². The van der Waals surface area contributed by atoms with E-state index in [1.54, 1.807) is 6.20 Å². The van der Waals surface area contributed by atoms with Gasteiger partial charge in [0.2, 0.25) is 5.56 Å². The summed E-state index contributed by atoms with van der Waals surface area (Å²) in [5, 5.41) is 9.09. The Morgan fingerprint density at radius 1 is 1.26 bits per heavy atom. The largest absolute Gasteiger partial charge is 0.496 e. The number of pyridine rings is 1. The fourth-order valence-corrected chi connectivity index (χ4v) is 2.05. The van der Waals surface area contributed by atoms with E-state index in [-0.39, 0.29) is 12.2 Å². The molecule has 5 nitrogen and oxygen atoms in total. The second kappa shape index (κ2) is 4.78. The molecule has 0 spiro atoms. The Bertz CT molecular complexity index is 508. The highest BCUT2D eigenvalue weighted by Crippen LogP contribution is 2.36. The van der Waals surface area contributed by atoms with Crippen molar-refractivity contribution in [2.75, 3.05) is 6.61 Å². The van der Waals surface area contributed by atoms with Crippen molar-refractivity contribution in [1.82, 2.24) is 4.98 Å². The van der Waals surface area contributed by atoms with Crippen LogP contribution in [0, 0.1) is 0 Å². The molecule has 19 heavy (non-hydrogen) atoms. The van der Waals surface area contributed by atoms with E-state index in [4.69, 9.17) is 14.4 Å². The summed E-state index contributed by atoms with van der Waals surface area (Å²) in [5.74, 6) is 0. The maximum atomic E-state index is 11.4. The quantitative estimate of drug-likeness (QED) is 0.766. The van der Waals surface area contributed by atoms with Gasteiger partial charge in [0, 0.05) is 24.3 Å². The lowest BCUT2D eigenvalue weighted by atomic mass is 9.76. The number of aromatic nitrogens is 1. The van der Waals surface area contributed by atoms with Crippen LogP contribution in [0.1, 0.15) is 33.3 Å². The van der Waals surface area contributed by atoms with Crippen LogP contribution < -0.4 is 11.0 Å². The molecule has 0 atom stereocenters. The molecule has 2 rings (SSSR count). The molecule has 1 aromatic rings. The maximum Gasteiger partial charge on any atom is 0.496 e. The number of aliphatic hydroxyl groups is 1. The Balaban J connectivity index is 2.36. The first-order valence-corrected chi connectivity index (χ1v) is 6.45. The number of hydrogen-bond acceptors (Lipinski definition) is 4. The molecule has 0 bridgehead atoms. The van der Waals surface area contributed by atoms with E-state index >= 15 is 0 Å². The lowest BCUT2D eigenvalue weighted by molar-refractivity contribution is 0.00578. The molecule has 0 aromatic carbocycles. The van der Waals surface area contributed by atoms with Gasteiger partial charge in [-0.3, -0.25) is 4.79 Å². The van der Waals surface area contributed by atoms with E-state index < -0.39 is 18.3 Å². The third-order valence-electron chi connectivity index (χ3n) is 3.93. The summed E-state index contributed by atoms with van der Waals surface area (Å²) >= 11 is 0. The van der Waals surface area contributed by atoms with Gasteiger partial charge in [-0.15, -0.1) is 0 Å². The first-order chi connectivity index (χ1) is 8.77. The van der Waals surface area contributed by atoms with Gasteiger partial charge in [-0.2, -0.15) is 0 Å². The van der Waals surface area contributed by atoms with Gasteiger partial charge in [-0.05, 0) is 39.7 Å². The minimum absolute atomic E-state index is 0.0179. The average molecular weight is 265 g/mol. The minimum Gasteiger partial charge on any atom is -0.399 e. The van der Waals surface area contributed by atoms with Crippen molar-refractivity contribution >= 4 is 12.6 Å². The zero-order valence-corrected chi connectivity index (χ0v) is 11.8. The van der Waals surface area contributed by atoms with E-state index in [0.717, 1.165) is 11.0 Å². The maximum absolute atomic E-state index is 11.4. The molecule has 1 aliphatic heterocycles. The van der Waals surface area contributed by atoms with Crippen LogP contribution >= 0.6 is 0 Å². The summed E-state index contributed by atoms with van der Waals surface area (Å²) in [6.07, 6.45) is 2.01. The second-order valence-electron chi connectivity index (χ2n) is 5.84. The minimum atomic E-state index is -0.525. The van der Waals surface area contributed by atoms with Gasteiger partial charge in [0.15, 0.2) is 0 Å². The lowest BCUT2D eigenvalue weighted by Gasteiger charge is -2.32. The molecule has 0 saturated carbocycles. The highest BCUT2D eigenvalue weighted by Gasteiger charge is 2.52. The monoisotopic (exact) mass is 265 g/mol. The third kappa shape index (κ3) is 2.61. The Labute approximate surface area is 113 Å². The summed E-state index contributed by atoms with van der Waals surface area (Å²) < 4.78 is 11.9. The van der Waals surface area contributed by atoms with Gasteiger partial charge in [-0.25, -0.2) is 0 Å². The van der Waals surface area contributed by atoms with Crippen LogP contribution in [-0.2, 0) is 15.7 Å². The number of H-pyrrole nitrogens is 1. The number of aliphatic hydroxyl groups excluding tert-OH is 1. The van der Waals surface area contributed by atoms with E-state index in [1.807, 2.05) is 27.7 Å². The number of nitrogens with one attached hydrogen (secondary N) is 1. The van der Waals surface area contributed by atoms with Crippen molar-refractivity contribution in [3.63, 3.8) is 0 Å². The van der Waals surface area contributed by atoms with Crippen LogP contribution in [0.2, 0.25) is 0 Å². The molecule has 1 saturated heterocycles. The molecule has 1 fully saturated rings. The van der Waals surface area contributed by atoms with Gasteiger partial charge in [0.25, 0.3) is 0 Å². The summed E-state index contributed by atoms with van der Waals surface area (Å²) in [5.41, 5.74) is 0.481. The Morgan fingerprint density at radius 3 is 2.37 bits per heavy atom. The van der Waals surface area contributed by atoms with Crippen molar-refractivity contribution in [1.29, 1.82) is 0 Å². The molecule has 0 aliphatic carbocycles. The molecule has 104 valence electrons. The van der Waals surface area contributed by atoms with Crippen LogP contribution in [0.5, 0.6) is 0 Å². The highest BCUT2D eigenvalue weighted by atomic mass is 16.7. The predicted octanol–water partition coefficient (Wildman–Crippen LogP) is 0.209. The second-order valence-corrected chi connectivity index (χ2v) is 5.84. The van der Waals surface area contributed by atoms with Crippen LogP contribution in [0.3, 0.4) is 0 Å². The summed E-state index contributed by atoms with van der Waals surface area (Å²) in [4.78, 5) is 14.0. The first-order valence-electron chi connectivity index (χ1n) is 6.45. The smallest absolute Gasteiger partial charge is 0.399 e. The zero-order valence-electron chi connectivity index (χ0n) is 11.8. The van der Waals surface area contributed by atoms with E-state index in [0.29, 0.717) is 6.42 Å². The molecular formula is C13H20BNO4. The topological polar surface area (TPSA) is 71.6 Å². The molecule has 0 unspecified atom stereocenters. The van der Waals surface area contributed by atoms with E-state index in [9.17, 15) is 4.79 Å². The van der Waals surface area contributed by atoms with Gasteiger partial charge >= 0.3 is 7.12 Å². The number of hydrogen-bond donors (Lipinski definition) is 2. The van der Waals surface area contributed by atoms with Gasteiger partial charge in [0.05, 0.1) is 11.2 Å². The lowest BCUT2D eigenvalue weighted by Crippen LogP contribution is -2.41. The Hall–Kier alpha value is -1.11. The number of aromatic amines is 1. The Kier molecular flexibility index (Phi) is 3.60. The van der Waals surface area contributed by atoms with Crippen molar-refractivity contribution in [3.8, 4) is 0 Å². The van der Waals surface area contributed by atoms with Crippen LogP contribution in [0.15, 0.2) is 17.1 Å². The van der Waals surface area contributed by atoms with Gasteiger partial charge in [-0.1, -0.05) is 0 Å². The molecule has 6 heteroatoms. The van der Waals surface area contributed by atoms with Crippen molar-refractivity contribution in [3.05, 3.63) is 28.2 Å². The van der Waals surface area contributed by atoms with Crippen LogP contribution in [-0.4, -0.2) is 35.0 Å². The molecular weight excluding hydrogens is 245 g/mol. The summed E-state index contributed by atoms with van der Waals surface area (Å²) in [6.45, 7) is 7.89. The van der Waals surface area contributed by atoms with Crippen molar-refractivity contribution < 1.29 is 14.4 Å². The molecule has 1 aromatic heterocycles. The molecule has 2 heterocycles. The molecule has 0 amide bonds. The average Bonchev–Trinajstić information content (AvgIpc) is 2.48. The van der Waals surface area contributed by atoms with E-state index in [2.05, 4.69) is 4.98 Å². The Morgan fingerprint density at radius 2 is 1.84 bits per heavy atom. The van der Waals surface area contributed by atoms with Crippen LogP contribution in [0.4, 0.5) is 0 Å². The van der Waals surface area contributed by atoms with Crippen molar-refractivity contribution in [2.24, 2.45) is 0 Å². The fraction of sp³-hybridized carbons (Fsp3) is 0.615. The third-order valence-corrected chi connectivity index (χ3v) is 3.93. The van der Waals surface area contributed by atoms with Crippen molar-refractivity contribution in [2.45, 2.75) is 45.3 Å². The molecule has 0 radical (unpaired) electrons. The summed E-state index contributed by atoms with van der Waals surface area (Å²) in [7, 11) is -0.525. The predicted molar refractivity (Wildman–Crippen MR) is 73.6 cm³/mol. The summed E-state index contributed by atoms with van der Waals surface area (Å²) in [6, 6.07) is 1.48. The van der Waals surface area contributed by atoms with E-state index in [1.165, 1.54) is 6.07 Å².